The monoisotopic (exact) mass is 712 g/mol. The molecular weight excluding hydrogens is 649 g/mol. The predicted molar refractivity (Wildman–Crippen MR) is 207 cm³/mol. The molecule has 7 heteroatoms. The molecule has 8 unspecified atom stereocenters. The van der Waals surface area contributed by atoms with E-state index >= 15 is 0 Å². The highest BCUT2D eigenvalue weighted by Gasteiger charge is 2.65. The predicted octanol–water partition coefficient (Wildman–Crippen LogP) is 8.47. The summed E-state index contributed by atoms with van der Waals surface area (Å²) >= 11 is -0.590. The van der Waals surface area contributed by atoms with Gasteiger partial charge in [-0.15, -0.1) is 0 Å². The number of nitriles is 1. The van der Waals surface area contributed by atoms with Crippen molar-refractivity contribution >= 4 is 11.2 Å². The van der Waals surface area contributed by atoms with E-state index in [9.17, 15) is 9.81 Å². The van der Waals surface area contributed by atoms with Gasteiger partial charge in [0.2, 0.25) is 5.88 Å². The molecule has 2 heterocycles. The maximum Gasteiger partial charge on any atom is 0.231 e. The first kappa shape index (κ1) is 36.1. The van der Waals surface area contributed by atoms with Gasteiger partial charge in [-0.3, -0.25) is 4.90 Å². The fourth-order valence-electron chi connectivity index (χ4n) is 14.1. The van der Waals surface area contributed by atoms with Crippen molar-refractivity contribution in [2.75, 3.05) is 44.3 Å². The van der Waals surface area contributed by atoms with Crippen LogP contribution in [0.4, 0.5) is 0 Å². The number of hydrogen-bond acceptors (Lipinski definition) is 6. The number of rotatable bonds is 8. The molecule has 0 spiro atoms. The van der Waals surface area contributed by atoms with Crippen LogP contribution >= 0.6 is 0 Å². The summed E-state index contributed by atoms with van der Waals surface area (Å²) in [6, 6.07) is 5.79. The van der Waals surface area contributed by atoms with Crippen molar-refractivity contribution in [3.05, 3.63) is 47.2 Å². The van der Waals surface area contributed by atoms with Gasteiger partial charge in [-0.1, -0.05) is 57.4 Å². The number of pyridine rings is 1. The minimum atomic E-state index is -0.590. The Bertz CT molecular complexity index is 1540. The number of allylic oxidation sites excluding steroid dienone is 4. The molecule has 5 fully saturated rings. The van der Waals surface area contributed by atoms with E-state index in [0.717, 1.165) is 86.5 Å². The second-order valence-corrected chi connectivity index (χ2v) is 20.7. The zero-order chi connectivity index (χ0) is 35.4. The van der Waals surface area contributed by atoms with Gasteiger partial charge in [-0.05, 0) is 152 Å². The third kappa shape index (κ3) is 6.34. The molecule has 8 rings (SSSR count). The third-order valence-corrected chi connectivity index (χ3v) is 17.8. The van der Waals surface area contributed by atoms with Gasteiger partial charge in [0.25, 0.3) is 0 Å². The van der Waals surface area contributed by atoms with Gasteiger partial charge >= 0.3 is 0 Å². The minimum absolute atomic E-state index is 0.191. The standard InChI is InChI=1S/C44H64N4O2S/c1-41(2)35(32-11-9-31(10-12-32)30-50-40-33(29-45)7-6-22-46-40)15-19-43(4)38(41)17-20-42(3)36-16-21-44(47-23-24-48-25-27-51(49)28-26-48)18-5-8-37(44)34(36)13-14-39(42)43/h6-7,11,15,22,31,34,36-39,47H,5,8-10,12-14,16-21,23-28,30H2,1-4H3/t31?,34?,36?,37-,38?,39?,42?,43?,44?/m1/s1. The molecule has 6 aliphatic carbocycles. The summed E-state index contributed by atoms with van der Waals surface area (Å²) < 4.78 is 17.9. The van der Waals surface area contributed by atoms with E-state index in [2.05, 4.69) is 61.1 Å². The van der Waals surface area contributed by atoms with Crippen LogP contribution in [-0.2, 0) is 11.2 Å². The van der Waals surface area contributed by atoms with E-state index in [1.54, 1.807) is 29.5 Å². The summed E-state index contributed by atoms with van der Waals surface area (Å²) in [5, 5.41) is 13.7. The average molecular weight is 713 g/mol. The van der Waals surface area contributed by atoms with Crippen LogP contribution in [0, 0.1) is 63.1 Å². The van der Waals surface area contributed by atoms with E-state index in [4.69, 9.17) is 4.74 Å². The molecule has 4 saturated carbocycles. The van der Waals surface area contributed by atoms with Crippen molar-refractivity contribution in [3.8, 4) is 11.9 Å². The lowest BCUT2D eigenvalue weighted by Crippen LogP contribution is -2.64. The Hall–Kier alpha value is -1.85. The van der Waals surface area contributed by atoms with Crippen LogP contribution in [0.3, 0.4) is 0 Å². The lowest BCUT2D eigenvalue weighted by atomic mass is 9.37. The summed E-state index contributed by atoms with van der Waals surface area (Å²) in [5.74, 6) is 6.85. The molecule has 0 amide bonds. The topological polar surface area (TPSA) is 84.2 Å². The zero-order valence-corrected chi connectivity index (χ0v) is 32.9. The Labute approximate surface area is 311 Å². The van der Waals surface area contributed by atoms with E-state index in [1.807, 2.05) is 0 Å². The van der Waals surface area contributed by atoms with Gasteiger partial charge in [0.15, 0.2) is 0 Å². The Morgan fingerprint density at radius 1 is 0.980 bits per heavy atom. The van der Waals surface area contributed by atoms with E-state index in [1.165, 1.54) is 64.2 Å². The van der Waals surface area contributed by atoms with Crippen molar-refractivity contribution in [1.82, 2.24) is 15.2 Å². The molecule has 1 aliphatic heterocycles. The van der Waals surface area contributed by atoms with Crippen LogP contribution in [0.15, 0.2) is 41.6 Å². The fourth-order valence-corrected chi connectivity index (χ4v) is 15.2. The summed E-state index contributed by atoms with van der Waals surface area (Å²) in [6.07, 6.45) is 24.2. The maximum atomic E-state index is 11.9. The summed E-state index contributed by atoms with van der Waals surface area (Å²) in [5.41, 5.74) is 5.16. The van der Waals surface area contributed by atoms with E-state index in [-0.39, 0.29) is 5.41 Å². The summed E-state index contributed by atoms with van der Waals surface area (Å²) in [4.78, 5) is 6.85. The number of aromatic nitrogens is 1. The van der Waals surface area contributed by atoms with Gasteiger partial charge in [0, 0.05) is 37.9 Å². The van der Waals surface area contributed by atoms with Crippen molar-refractivity contribution in [3.63, 3.8) is 0 Å². The van der Waals surface area contributed by atoms with Crippen LogP contribution in [0.1, 0.15) is 117 Å². The molecule has 1 aromatic rings. The number of nitrogens with zero attached hydrogens (tertiary/aromatic N) is 3. The summed E-state index contributed by atoms with van der Waals surface area (Å²) in [6.45, 7) is 15.6. The van der Waals surface area contributed by atoms with Crippen LogP contribution in [-0.4, -0.2) is 64.3 Å². The van der Waals surface area contributed by atoms with Gasteiger partial charge in [-0.25, -0.2) is 4.98 Å². The average Bonchev–Trinajstić information content (AvgIpc) is 3.56. The highest BCUT2D eigenvalue weighted by molar-refractivity contribution is 7.91. The zero-order valence-electron chi connectivity index (χ0n) is 32.1. The highest BCUT2D eigenvalue weighted by atomic mass is 32.2. The van der Waals surface area contributed by atoms with Crippen molar-refractivity contribution in [2.45, 2.75) is 117 Å². The Morgan fingerprint density at radius 2 is 1.82 bits per heavy atom. The van der Waals surface area contributed by atoms with Crippen LogP contribution in [0.5, 0.6) is 5.88 Å². The van der Waals surface area contributed by atoms with Gasteiger partial charge in [-0.2, -0.15) is 5.26 Å². The molecule has 1 N–H and O–H groups in total. The van der Waals surface area contributed by atoms with Crippen molar-refractivity contribution in [2.24, 2.45) is 51.8 Å². The van der Waals surface area contributed by atoms with Crippen LogP contribution in [0.2, 0.25) is 0 Å². The first-order valence-electron chi connectivity index (χ1n) is 20.8. The molecule has 7 aliphatic rings. The lowest BCUT2D eigenvalue weighted by Gasteiger charge is -2.68. The van der Waals surface area contributed by atoms with E-state index < -0.39 is 11.2 Å². The molecule has 1 saturated heterocycles. The normalized spacial score (nSPS) is 40.9. The molecule has 6 nitrogen and oxygen atoms in total. The quantitative estimate of drug-likeness (QED) is 0.273. The first-order valence-corrected chi connectivity index (χ1v) is 22.3. The van der Waals surface area contributed by atoms with Crippen LogP contribution in [0.25, 0.3) is 0 Å². The van der Waals surface area contributed by atoms with Crippen molar-refractivity contribution in [1.29, 1.82) is 5.26 Å². The number of hydrogen-bond donors (Lipinski definition) is 1. The Kier molecular flexibility index (Phi) is 9.99. The molecule has 0 radical (unpaired) electrons. The molecular formula is C44H64N4O2S. The number of nitrogens with one attached hydrogen (secondary N) is 1. The first-order chi connectivity index (χ1) is 24.6. The van der Waals surface area contributed by atoms with Crippen molar-refractivity contribution < 1.29 is 9.29 Å². The molecule has 0 bridgehead atoms. The fraction of sp³-hybridized carbons (Fsp3) is 0.773. The second-order valence-electron chi connectivity index (χ2n) is 19.0. The smallest absolute Gasteiger partial charge is 0.231 e. The molecule has 1 aromatic heterocycles. The second kappa shape index (κ2) is 14.1. The molecule has 0 aromatic carbocycles. The molecule has 51 heavy (non-hydrogen) atoms. The Balaban J connectivity index is 0.931. The molecule has 9 atom stereocenters. The van der Waals surface area contributed by atoms with E-state index in [0.29, 0.717) is 40.3 Å². The number of ether oxygens (including phenoxy) is 1. The summed E-state index contributed by atoms with van der Waals surface area (Å²) in [7, 11) is 0. The lowest BCUT2D eigenvalue weighted by molar-refractivity contribution is -0.175. The largest absolute Gasteiger partial charge is 0.616 e. The Morgan fingerprint density at radius 3 is 2.61 bits per heavy atom. The van der Waals surface area contributed by atoms with Crippen LogP contribution < -0.4 is 10.1 Å². The third-order valence-electron chi connectivity index (χ3n) is 16.5. The molecule has 278 valence electrons. The van der Waals surface area contributed by atoms with Gasteiger partial charge in [0.1, 0.15) is 23.1 Å². The minimum Gasteiger partial charge on any atom is -0.616 e. The highest BCUT2D eigenvalue weighted by Crippen LogP contribution is 2.72. The van der Waals surface area contributed by atoms with Gasteiger partial charge in [0.05, 0.1) is 6.61 Å². The maximum absolute atomic E-state index is 11.9. The van der Waals surface area contributed by atoms with Gasteiger partial charge < -0.3 is 14.6 Å². The SMILES string of the molecule is CC1(C)C(C2=CCC(COc3ncccc3C#N)CC2)=CCC2(C)C1CCC1(C)C3CCC4(NCCN5CC[S+]([O-])CC5)CCC[C@@H]4C3CCC12. The number of fused-ring (bicyclic) bond motifs is 7.